The van der Waals surface area contributed by atoms with Gasteiger partial charge in [-0.15, -0.1) is 6.58 Å². The van der Waals surface area contributed by atoms with E-state index < -0.39 is 6.10 Å². The van der Waals surface area contributed by atoms with Gasteiger partial charge in [0.1, 0.15) is 0 Å². The van der Waals surface area contributed by atoms with Crippen molar-refractivity contribution in [3.05, 3.63) is 36.7 Å². The van der Waals surface area contributed by atoms with Gasteiger partial charge in [0, 0.05) is 13.6 Å². The number of aliphatic hydroxyl groups excluding tert-OH is 1. The smallest absolute Gasteiger partial charge is 0.0931 e. The van der Waals surface area contributed by atoms with Crippen LogP contribution in [0.2, 0.25) is 0 Å². The second-order valence-electron chi connectivity index (χ2n) is 3.29. The number of rotatable bonds is 4. The van der Waals surface area contributed by atoms with Crippen molar-refractivity contribution in [3.63, 3.8) is 0 Å². The van der Waals surface area contributed by atoms with Gasteiger partial charge in [-0.3, -0.25) is 4.98 Å². The molecule has 0 fully saturated rings. The van der Waals surface area contributed by atoms with Crippen LogP contribution in [0.5, 0.6) is 0 Å². The van der Waals surface area contributed by atoms with Gasteiger partial charge < -0.3 is 10.0 Å². The van der Waals surface area contributed by atoms with Gasteiger partial charge in [0.15, 0.2) is 0 Å². The molecule has 3 nitrogen and oxygen atoms in total. The first kappa shape index (κ1) is 10.7. The number of aromatic nitrogens is 1. The van der Waals surface area contributed by atoms with Crippen molar-refractivity contribution < 1.29 is 5.11 Å². The molecular formula is C11H16N2O. The highest BCUT2D eigenvalue weighted by Gasteiger charge is 2.03. The molecule has 1 atom stereocenters. The molecule has 0 saturated heterocycles. The Labute approximate surface area is 84.7 Å². The van der Waals surface area contributed by atoms with Crippen LogP contribution in [-0.2, 0) is 0 Å². The summed E-state index contributed by atoms with van der Waals surface area (Å²) in [5.74, 6) is 0. The van der Waals surface area contributed by atoms with Crippen LogP contribution in [0.4, 0.5) is 5.69 Å². The quantitative estimate of drug-likeness (QED) is 0.738. The van der Waals surface area contributed by atoms with Crippen LogP contribution in [0.25, 0.3) is 0 Å². The normalized spacial score (nSPS) is 12.2. The lowest BCUT2D eigenvalue weighted by atomic mass is 10.2. The minimum absolute atomic E-state index is 0.506. The first-order valence-corrected chi connectivity index (χ1v) is 4.61. The molecule has 0 unspecified atom stereocenters. The molecule has 0 spiro atoms. The van der Waals surface area contributed by atoms with Gasteiger partial charge >= 0.3 is 0 Å². The Morgan fingerprint density at radius 1 is 1.64 bits per heavy atom. The molecule has 1 heterocycles. The van der Waals surface area contributed by atoms with E-state index in [0.717, 1.165) is 12.2 Å². The lowest BCUT2D eigenvalue weighted by Crippen LogP contribution is -2.16. The number of anilines is 1. The van der Waals surface area contributed by atoms with Crippen LogP contribution in [0, 0.1) is 0 Å². The highest BCUT2D eigenvalue weighted by molar-refractivity contribution is 5.44. The van der Waals surface area contributed by atoms with Crippen LogP contribution in [0.3, 0.4) is 0 Å². The monoisotopic (exact) mass is 192 g/mol. The number of nitrogens with zero attached hydrogens (tertiary/aromatic N) is 2. The minimum Gasteiger partial charge on any atom is -0.387 e. The number of aliphatic hydroxyl groups is 1. The van der Waals surface area contributed by atoms with E-state index in [1.807, 2.05) is 30.2 Å². The molecule has 0 saturated carbocycles. The van der Waals surface area contributed by atoms with E-state index in [0.29, 0.717) is 5.69 Å². The van der Waals surface area contributed by atoms with Gasteiger partial charge in [0.25, 0.3) is 0 Å². The van der Waals surface area contributed by atoms with Gasteiger partial charge in [0.05, 0.1) is 23.7 Å². The van der Waals surface area contributed by atoms with Crippen molar-refractivity contribution in [1.29, 1.82) is 0 Å². The number of hydrogen-bond acceptors (Lipinski definition) is 3. The standard InChI is InChI=1S/C11H16N2O/c1-4-7-13(3)10-5-6-11(9(2)14)12-8-10/h4-6,8-9,14H,1,7H2,2-3H3/t9-/m0/s1. The molecule has 0 aromatic carbocycles. The molecule has 3 heteroatoms. The highest BCUT2D eigenvalue weighted by atomic mass is 16.3. The van der Waals surface area contributed by atoms with Crippen LogP contribution in [-0.4, -0.2) is 23.7 Å². The number of hydrogen-bond donors (Lipinski definition) is 1. The lowest BCUT2D eigenvalue weighted by molar-refractivity contribution is 0.194. The summed E-state index contributed by atoms with van der Waals surface area (Å²) < 4.78 is 0. The first-order chi connectivity index (χ1) is 6.65. The molecular weight excluding hydrogens is 176 g/mol. The van der Waals surface area contributed by atoms with Crippen LogP contribution >= 0.6 is 0 Å². The summed E-state index contributed by atoms with van der Waals surface area (Å²) in [7, 11) is 1.97. The molecule has 1 aromatic heterocycles. The van der Waals surface area contributed by atoms with E-state index in [1.54, 1.807) is 13.1 Å². The van der Waals surface area contributed by atoms with E-state index in [1.165, 1.54) is 0 Å². The Morgan fingerprint density at radius 3 is 2.79 bits per heavy atom. The predicted molar refractivity (Wildman–Crippen MR) is 58.3 cm³/mol. The Hall–Kier alpha value is -1.35. The maximum atomic E-state index is 9.26. The van der Waals surface area contributed by atoms with E-state index in [4.69, 9.17) is 0 Å². The SMILES string of the molecule is C=CCN(C)c1ccc([C@H](C)O)nc1. The summed E-state index contributed by atoms with van der Waals surface area (Å²) in [6.07, 6.45) is 3.09. The lowest BCUT2D eigenvalue weighted by Gasteiger charge is -2.16. The third kappa shape index (κ3) is 2.57. The predicted octanol–water partition coefficient (Wildman–Crippen LogP) is 1.76. The molecule has 1 rings (SSSR count). The molecule has 14 heavy (non-hydrogen) atoms. The maximum absolute atomic E-state index is 9.26. The molecule has 0 amide bonds. The molecule has 0 aliphatic heterocycles. The van der Waals surface area contributed by atoms with E-state index in [-0.39, 0.29) is 0 Å². The fourth-order valence-electron chi connectivity index (χ4n) is 1.17. The van der Waals surface area contributed by atoms with Gasteiger partial charge in [-0.05, 0) is 19.1 Å². The molecule has 1 N–H and O–H groups in total. The zero-order valence-electron chi connectivity index (χ0n) is 8.64. The Balaban J connectivity index is 2.77. The summed E-state index contributed by atoms with van der Waals surface area (Å²) in [5, 5.41) is 9.26. The van der Waals surface area contributed by atoms with E-state index in [2.05, 4.69) is 11.6 Å². The molecule has 0 aliphatic rings. The summed E-state index contributed by atoms with van der Waals surface area (Å²) >= 11 is 0. The third-order valence-electron chi connectivity index (χ3n) is 2.04. The van der Waals surface area contributed by atoms with Crippen molar-refractivity contribution in [1.82, 2.24) is 4.98 Å². The summed E-state index contributed by atoms with van der Waals surface area (Å²) in [4.78, 5) is 6.19. The molecule has 1 aromatic rings. The van der Waals surface area contributed by atoms with Crippen molar-refractivity contribution in [2.24, 2.45) is 0 Å². The molecule has 76 valence electrons. The zero-order chi connectivity index (χ0) is 10.6. The summed E-state index contributed by atoms with van der Waals surface area (Å²) in [6.45, 7) is 6.16. The highest BCUT2D eigenvalue weighted by Crippen LogP contribution is 2.14. The number of pyridine rings is 1. The van der Waals surface area contributed by atoms with E-state index in [9.17, 15) is 5.11 Å². The van der Waals surface area contributed by atoms with Crippen molar-refractivity contribution in [3.8, 4) is 0 Å². The van der Waals surface area contributed by atoms with Gasteiger partial charge in [-0.25, -0.2) is 0 Å². The fourth-order valence-corrected chi connectivity index (χ4v) is 1.17. The van der Waals surface area contributed by atoms with Gasteiger partial charge in [-0.1, -0.05) is 6.08 Å². The second-order valence-corrected chi connectivity index (χ2v) is 3.29. The van der Waals surface area contributed by atoms with Crippen molar-refractivity contribution >= 4 is 5.69 Å². The minimum atomic E-state index is -0.506. The van der Waals surface area contributed by atoms with Crippen LogP contribution < -0.4 is 4.90 Å². The Morgan fingerprint density at radius 2 is 2.36 bits per heavy atom. The zero-order valence-corrected chi connectivity index (χ0v) is 8.64. The van der Waals surface area contributed by atoms with Crippen LogP contribution in [0.1, 0.15) is 18.7 Å². The maximum Gasteiger partial charge on any atom is 0.0931 e. The first-order valence-electron chi connectivity index (χ1n) is 4.61. The Kier molecular flexibility index (Phi) is 3.65. The van der Waals surface area contributed by atoms with Crippen molar-refractivity contribution in [2.75, 3.05) is 18.5 Å². The topological polar surface area (TPSA) is 36.4 Å². The summed E-state index contributed by atoms with van der Waals surface area (Å²) in [6, 6.07) is 3.78. The Bertz CT molecular complexity index is 293. The fraction of sp³-hybridized carbons (Fsp3) is 0.364. The second kappa shape index (κ2) is 4.77. The largest absolute Gasteiger partial charge is 0.387 e. The summed E-state index contributed by atoms with van der Waals surface area (Å²) in [5.41, 5.74) is 1.72. The third-order valence-corrected chi connectivity index (χ3v) is 2.04. The van der Waals surface area contributed by atoms with Crippen molar-refractivity contribution in [2.45, 2.75) is 13.0 Å². The van der Waals surface area contributed by atoms with Gasteiger partial charge in [-0.2, -0.15) is 0 Å². The van der Waals surface area contributed by atoms with Gasteiger partial charge in [0.2, 0.25) is 0 Å². The number of likely N-dealkylation sites (N-methyl/N-ethyl adjacent to an activating group) is 1. The van der Waals surface area contributed by atoms with Crippen LogP contribution in [0.15, 0.2) is 31.0 Å². The average Bonchev–Trinajstić information content (AvgIpc) is 2.18. The molecule has 0 bridgehead atoms. The molecule has 0 radical (unpaired) electrons. The average molecular weight is 192 g/mol. The van der Waals surface area contributed by atoms with E-state index >= 15 is 0 Å². The molecule has 0 aliphatic carbocycles.